The summed E-state index contributed by atoms with van der Waals surface area (Å²) in [7, 11) is 0. The predicted octanol–water partition coefficient (Wildman–Crippen LogP) is 4.78. The number of amides is 1. The molecular weight excluding hydrogens is 446 g/mol. The van der Waals surface area contributed by atoms with Crippen molar-refractivity contribution in [2.45, 2.75) is 38.2 Å². The molecule has 10 heteroatoms. The zero-order valence-electron chi connectivity index (χ0n) is 16.9. The highest BCUT2D eigenvalue weighted by Crippen LogP contribution is 2.26. The fraction of sp³-hybridized carbons (Fsp3) is 0.286. The second kappa shape index (κ2) is 10.6. The molecule has 0 aliphatic carbocycles. The smallest absolute Gasteiger partial charge is 0.230 e. The Balaban J connectivity index is 1.58. The third-order valence-electron chi connectivity index (χ3n) is 4.36. The van der Waals surface area contributed by atoms with Crippen molar-refractivity contribution < 1.29 is 18.3 Å². The minimum atomic E-state index is -0.790. The number of ether oxygens (including phenoxy) is 1. The molecule has 1 amide bonds. The van der Waals surface area contributed by atoms with Gasteiger partial charge in [0.15, 0.2) is 28.7 Å². The molecule has 0 fully saturated rings. The van der Waals surface area contributed by atoms with E-state index < -0.39 is 17.7 Å². The fourth-order valence-corrected chi connectivity index (χ4v) is 3.77. The minimum Gasteiger partial charge on any atom is -0.480 e. The Kier molecular flexibility index (Phi) is 7.86. The summed E-state index contributed by atoms with van der Waals surface area (Å²) < 4.78 is 34.4. The Morgan fingerprint density at radius 1 is 1.23 bits per heavy atom. The summed E-state index contributed by atoms with van der Waals surface area (Å²) in [6, 6.07) is 10.3. The summed E-state index contributed by atoms with van der Waals surface area (Å²) in [5, 5.41) is 12.3. The lowest BCUT2D eigenvalue weighted by Crippen LogP contribution is -2.24. The van der Waals surface area contributed by atoms with Crippen LogP contribution in [0.25, 0.3) is 0 Å². The van der Waals surface area contributed by atoms with Crippen LogP contribution in [0.1, 0.15) is 31.3 Å². The van der Waals surface area contributed by atoms with Gasteiger partial charge in [0.05, 0.1) is 5.75 Å². The van der Waals surface area contributed by atoms with Crippen molar-refractivity contribution in [3.8, 4) is 5.75 Å². The first-order valence-corrected chi connectivity index (χ1v) is 10.9. The maximum absolute atomic E-state index is 13.9. The highest BCUT2D eigenvalue weighted by molar-refractivity contribution is 7.99. The van der Waals surface area contributed by atoms with Gasteiger partial charge in [-0.15, -0.1) is 10.2 Å². The summed E-state index contributed by atoms with van der Waals surface area (Å²) >= 11 is 7.10. The van der Waals surface area contributed by atoms with Crippen LogP contribution >= 0.6 is 23.4 Å². The number of rotatable bonds is 9. The van der Waals surface area contributed by atoms with E-state index in [1.807, 2.05) is 19.1 Å². The van der Waals surface area contributed by atoms with E-state index >= 15 is 0 Å². The monoisotopic (exact) mass is 466 g/mol. The van der Waals surface area contributed by atoms with Crippen LogP contribution in [-0.2, 0) is 17.9 Å². The average molecular weight is 467 g/mol. The second-order valence-electron chi connectivity index (χ2n) is 6.61. The molecule has 0 radical (unpaired) electrons. The third kappa shape index (κ3) is 6.18. The van der Waals surface area contributed by atoms with Crippen LogP contribution < -0.4 is 10.1 Å². The first-order chi connectivity index (χ1) is 14.9. The number of carbonyl (C=O) groups excluding carboxylic acids is 1. The Bertz CT molecular complexity index is 1050. The molecule has 164 valence electrons. The first-order valence-electron chi connectivity index (χ1n) is 9.56. The second-order valence-corrected chi connectivity index (χ2v) is 7.99. The molecule has 1 unspecified atom stereocenters. The highest BCUT2D eigenvalue weighted by atomic mass is 35.5. The molecule has 1 N–H and O–H groups in total. The molecule has 0 saturated carbocycles. The molecule has 6 nitrogen and oxygen atoms in total. The fourth-order valence-electron chi connectivity index (χ4n) is 2.80. The normalized spacial score (nSPS) is 11.9. The molecule has 3 rings (SSSR count). The number of thioether (sulfide) groups is 1. The third-order valence-corrected chi connectivity index (χ3v) is 5.58. The number of nitrogens with one attached hydrogen (secondary N) is 1. The van der Waals surface area contributed by atoms with E-state index in [0.717, 1.165) is 17.7 Å². The standard InChI is InChI=1S/C21H21ClF2N4O2S/c1-3-28-20(13(2)30-18-9-8-16(23)10-17(18)24)26-27-21(28)31-12-19(29)25-11-14-4-6-15(22)7-5-14/h4-10,13H,3,11-12H2,1-2H3,(H,25,29). The SMILES string of the molecule is CCn1c(SCC(=O)NCc2ccc(Cl)cc2)nnc1C(C)Oc1ccc(F)cc1F. The number of carbonyl (C=O) groups is 1. The molecule has 0 bridgehead atoms. The van der Waals surface area contributed by atoms with Crippen molar-refractivity contribution in [1.82, 2.24) is 20.1 Å². The number of hydrogen-bond donors (Lipinski definition) is 1. The zero-order valence-corrected chi connectivity index (χ0v) is 18.5. The van der Waals surface area contributed by atoms with Gasteiger partial charge in [-0.1, -0.05) is 35.5 Å². The molecular formula is C21H21ClF2N4O2S. The van der Waals surface area contributed by atoms with Gasteiger partial charge >= 0.3 is 0 Å². The van der Waals surface area contributed by atoms with E-state index in [1.165, 1.54) is 17.8 Å². The molecule has 31 heavy (non-hydrogen) atoms. The molecule has 0 aliphatic heterocycles. The Labute approximate surface area is 188 Å². The van der Waals surface area contributed by atoms with Gasteiger partial charge in [0.1, 0.15) is 5.82 Å². The lowest BCUT2D eigenvalue weighted by Gasteiger charge is -2.16. The van der Waals surface area contributed by atoms with E-state index in [1.54, 1.807) is 23.6 Å². The maximum atomic E-state index is 13.9. The zero-order chi connectivity index (χ0) is 22.4. The van der Waals surface area contributed by atoms with Gasteiger partial charge in [0.25, 0.3) is 0 Å². The van der Waals surface area contributed by atoms with Crippen LogP contribution in [0.2, 0.25) is 5.02 Å². The van der Waals surface area contributed by atoms with Crippen LogP contribution in [0.4, 0.5) is 8.78 Å². The van der Waals surface area contributed by atoms with Gasteiger partial charge in [-0.2, -0.15) is 0 Å². The van der Waals surface area contributed by atoms with Gasteiger partial charge in [-0.25, -0.2) is 8.78 Å². The molecule has 0 aliphatic rings. The molecule has 0 spiro atoms. The quantitative estimate of drug-likeness (QED) is 0.460. The van der Waals surface area contributed by atoms with Crippen molar-refractivity contribution in [3.05, 3.63) is 70.5 Å². The van der Waals surface area contributed by atoms with Crippen molar-refractivity contribution in [1.29, 1.82) is 0 Å². The van der Waals surface area contributed by atoms with Crippen LogP contribution in [0.15, 0.2) is 47.6 Å². The van der Waals surface area contributed by atoms with Gasteiger partial charge in [-0.3, -0.25) is 4.79 Å². The summed E-state index contributed by atoms with van der Waals surface area (Å²) in [5.41, 5.74) is 0.945. The van der Waals surface area contributed by atoms with Gasteiger partial charge in [-0.05, 0) is 43.7 Å². The molecule has 1 heterocycles. The van der Waals surface area contributed by atoms with E-state index in [-0.39, 0.29) is 17.4 Å². The Morgan fingerprint density at radius 3 is 2.65 bits per heavy atom. The topological polar surface area (TPSA) is 69.0 Å². The van der Waals surface area contributed by atoms with Gasteiger partial charge < -0.3 is 14.6 Å². The summed E-state index contributed by atoms with van der Waals surface area (Å²) in [4.78, 5) is 12.2. The number of nitrogens with zero attached hydrogens (tertiary/aromatic N) is 3. The average Bonchev–Trinajstić information content (AvgIpc) is 3.17. The van der Waals surface area contributed by atoms with Crippen LogP contribution in [0.5, 0.6) is 5.75 Å². The van der Waals surface area contributed by atoms with E-state index in [4.69, 9.17) is 16.3 Å². The van der Waals surface area contributed by atoms with E-state index in [0.29, 0.717) is 29.1 Å². The lowest BCUT2D eigenvalue weighted by atomic mass is 10.2. The van der Waals surface area contributed by atoms with Crippen LogP contribution in [0, 0.1) is 11.6 Å². The molecule has 1 aromatic heterocycles. The van der Waals surface area contributed by atoms with Gasteiger partial charge in [0, 0.05) is 24.2 Å². The first kappa shape index (κ1) is 23.0. The van der Waals surface area contributed by atoms with Crippen molar-refractivity contribution in [3.63, 3.8) is 0 Å². The van der Waals surface area contributed by atoms with E-state index in [2.05, 4.69) is 15.5 Å². The highest BCUT2D eigenvalue weighted by Gasteiger charge is 2.20. The lowest BCUT2D eigenvalue weighted by molar-refractivity contribution is -0.118. The molecule has 2 aromatic carbocycles. The Hall–Kier alpha value is -2.65. The molecule has 0 saturated heterocycles. The van der Waals surface area contributed by atoms with E-state index in [9.17, 15) is 13.6 Å². The van der Waals surface area contributed by atoms with Crippen molar-refractivity contribution >= 4 is 29.3 Å². The minimum absolute atomic E-state index is 0.0738. The summed E-state index contributed by atoms with van der Waals surface area (Å²) in [6.07, 6.45) is -0.625. The van der Waals surface area contributed by atoms with Crippen LogP contribution in [-0.4, -0.2) is 26.4 Å². The number of halogens is 3. The number of hydrogen-bond acceptors (Lipinski definition) is 5. The summed E-state index contributed by atoms with van der Waals surface area (Å²) in [5.74, 6) is -1.05. The van der Waals surface area contributed by atoms with Gasteiger partial charge in [0.2, 0.25) is 5.91 Å². The molecule has 1 atom stereocenters. The van der Waals surface area contributed by atoms with Crippen molar-refractivity contribution in [2.24, 2.45) is 0 Å². The summed E-state index contributed by atoms with van der Waals surface area (Å²) in [6.45, 7) is 4.54. The molecule has 3 aromatic rings. The largest absolute Gasteiger partial charge is 0.480 e. The number of benzene rings is 2. The Morgan fingerprint density at radius 2 is 1.97 bits per heavy atom. The number of aromatic nitrogens is 3. The maximum Gasteiger partial charge on any atom is 0.230 e. The predicted molar refractivity (Wildman–Crippen MR) is 115 cm³/mol. The van der Waals surface area contributed by atoms with Crippen LogP contribution in [0.3, 0.4) is 0 Å². The van der Waals surface area contributed by atoms with Crippen molar-refractivity contribution in [2.75, 3.05) is 5.75 Å².